The maximum absolute atomic E-state index is 12.3. The van der Waals surface area contributed by atoms with Gasteiger partial charge in [-0.2, -0.15) is 5.10 Å². The lowest BCUT2D eigenvalue weighted by Crippen LogP contribution is -2.35. The number of methoxy groups -OCH3 is 1. The smallest absolute Gasteiger partial charge is 0.259 e. The third kappa shape index (κ3) is 4.93. The van der Waals surface area contributed by atoms with Crippen LogP contribution in [0.3, 0.4) is 0 Å². The van der Waals surface area contributed by atoms with Crippen molar-refractivity contribution in [2.45, 2.75) is 13.8 Å². The van der Waals surface area contributed by atoms with Gasteiger partial charge >= 0.3 is 0 Å². The summed E-state index contributed by atoms with van der Waals surface area (Å²) in [5.74, 6) is 0.161. The fourth-order valence-corrected chi connectivity index (χ4v) is 3.67. The summed E-state index contributed by atoms with van der Waals surface area (Å²) in [4.78, 5) is 28.8. The summed E-state index contributed by atoms with van der Waals surface area (Å²) >= 11 is 1.56. The van der Waals surface area contributed by atoms with E-state index in [-0.39, 0.29) is 6.54 Å². The predicted octanol–water partition coefficient (Wildman–Crippen LogP) is 2.97. The van der Waals surface area contributed by atoms with Gasteiger partial charge in [-0.15, -0.1) is 11.3 Å². The molecule has 0 aliphatic rings. The zero-order chi connectivity index (χ0) is 21.5. The summed E-state index contributed by atoms with van der Waals surface area (Å²) in [6, 6.07) is 8.68. The molecule has 9 heteroatoms. The van der Waals surface area contributed by atoms with E-state index in [0.717, 1.165) is 15.8 Å². The largest absolute Gasteiger partial charge is 0.493 e. The fourth-order valence-electron chi connectivity index (χ4n) is 2.71. The molecular formula is C21H22N4O4S. The second-order valence-corrected chi connectivity index (χ2v) is 7.12. The SMILES string of the molecule is CCOc1ccc(C(=O)NCC(=O)N/N=C(\C)c2csc3cccnc23)cc1OC. The van der Waals surface area contributed by atoms with Gasteiger partial charge < -0.3 is 14.8 Å². The number of hydrogen-bond acceptors (Lipinski definition) is 7. The molecule has 3 aromatic rings. The summed E-state index contributed by atoms with van der Waals surface area (Å²) in [5.41, 5.74) is 5.16. The van der Waals surface area contributed by atoms with Crippen LogP contribution in [0.2, 0.25) is 0 Å². The monoisotopic (exact) mass is 426 g/mol. The number of carbonyl (C=O) groups is 2. The molecule has 0 saturated heterocycles. The molecule has 156 valence electrons. The summed E-state index contributed by atoms with van der Waals surface area (Å²) in [6.45, 7) is 3.93. The van der Waals surface area contributed by atoms with E-state index in [9.17, 15) is 9.59 Å². The molecule has 2 N–H and O–H groups in total. The van der Waals surface area contributed by atoms with Crippen LogP contribution in [0.5, 0.6) is 11.5 Å². The molecule has 0 aliphatic carbocycles. The van der Waals surface area contributed by atoms with Crippen LogP contribution in [0.15, 0.2) is 47.0 Å². The third-order valence-corrected chi connectivity index (χ3v) is 5.14. The van der Waals surface area contributed by atoms with Crippen molar-refractivity contribution in [1.82, 2.24) is 15.7 Å². The van der Waals surface area contributed by atoms with E-state index in [1.807, 2.05) is 24.4 Å². The molecule has 30 heavy (non-hydrogen) atoms. The number of ether oxygens (including phenoxy) is 2. The quantitative estimate of drug-likeness (QED) is 0.426. The second kappa shape index (κ2) is 9.84. The molecule has 8 nitrogen and oxygen atoms in total. The Morgan fingerprint density at radius 3 is 2.83 bits per heavy atom. The van der Waals surface area contributed by atoms with Crippen molar-refractivity contribution in [3.8, 4) is 11.5 Å². The highest BCUT2D eigenvalue weighted by Crippen LogP contribution is 2.28. The molecule has 2 heterocycles. The van der Waals surface area contributed by atoms with Crippen LogP contribution < -0.4 is 20.2 Å². The molecule has 2 aromatic heterocycles. The standard InChI is InChI=1S/C21H22N4O4S/c1-4-29-16-8-7-14(10-17(16)28-3)21(27)23-11-19(26)25-24-13(2)15-12-30-18-6-5-9-22-20(15)18/h5-10,12H,4,11H2,1-3H3,(H,23,27)(H,25,26)/b24-13+. The first kappa shape index (κ1) is 21.3. The zero-order valence-electron chi connectivity index (χ0n) is 16.9. The Hall–Kier alpha value is -3.46. The highest BCUT2D eigenvalue weighted by molar-refractivity contribution is 7.17. The normalized spacial score (nSPS) is 11.2. The Morgan fingerprint density at radius 1 is 1.23 bits per heavy atom. The average molecular weight is 426 g/mol. The Labute approximate surface area is 177 Å². The minimum absolute atomic E-state index is 0.215. The highest BCUT2D eigenvalue weighted by atomic mass is 32.1. The lowest BCUT2D eigenvalue weighted by molar-refractivity contribution is -0.120. The lowest BCUT2D eigenvalue weighted by atomic mass is 10.2. The van der Waals surface area contributed by atoms with Gasteiger partial charge in [0, 0.05) is 22.7 Å². The van der Waals surface area contributed by atoms with Gasteiger partial charge in [-0.25, -0.2) is 5.43 Å². The maximum Gasteiger partial charge on any atom is 0.259 e. The van der Waals surface area contributed by atoms with Crippen LogP contribution >= 0.6 is 11.3 Å². The minimum atomic E-state index is -0.437. The van der Waals surface area contributed by atoms with Gasteiger partial charge in [0.15, 0.2) is 11.5 Å². The van der Waals surface area contributed by atoms with Crippen LogP contribution in [-0.4, -0.2) is 42.8 Å². The molecule has 3 rings (SSSR count). The summed E-state index contributed by atoms with van der Waals surface area (Å²) in [6.07, 6.45) is 1.72. The fraction of sp³-hybridized carbons (Fsp3) is 0.238. The van der Waals surface area contributed by atoms with E-state index >= 15 is 0 Å². The van der Waals surface area contributed by atoms with Gasteiger partial charge in [-0.05, 0) is 44.2 Å². The van der Waals surface area contributed by atoms with Crippen LogP contribution in [-0.2, 0) is 4.79 Å². The number of benzene rings is 1. The maximum atomic E-state index is 12.3. The lowest BCUT2D eigenvalue weighted by Gasteiger charge is -2.11. The van der Waals surface area contributed by atoms with Crippen molar-refractivity contribution in [2.24, 2.45) is 5.10 Å². The number of carbonyl (C=O) groups excluding carboxylic acids is 2. The van der Waals surface area contributed by atoms with E-state index in [2.05, 4.69) is 20.8 Å². The van der Waals surface area contributed by atoms with E-state index in [1.165, 1.54) is 7.11 Å². The average Bonchev–Trinajstić information content (AvgIpc) is 3.20. The van der Waals surface area contributed by atoms with E-state index in [1.54, 1.807) is 42.7 Å². The number of nitrogens with zero attached hydrogens (tertiary/aromatic N) is 2. The number of hydrazone groups is 1. The Kier molecular flexibility index (Phi) is 6.97. The number of rotatable bonds is 8. The van der Waals surface area contributed by atoms with Crippen molar-refractivity contribution in [3.63, 3.8) is 0 Å². The van der Waals surface area contributed by atoms with Gasteiger partial charge in [0.25, 0.3) is 11.8 Å². The van der Waals surface area contributed by atoms with E-state index in [4.69, 9.17) is 9.47 Å². The van der Waals surface area contributed by atoms with Gasteiger partial charge in [0.1, 0.15) is 0 Å². The van der Waals surface area contributed by atoms with Crippen molar-refractivity contribution < 1.29 is 19.1 Å². The molecule has 0 aliphatic heterocycles. The second-order valence-electron chi connectivity index (χ2n) is 6.21. The number of nitrogens with one attached hydrogen (secondary N) is 2. The Balaban J connectivity index is 1.57. The van der Waals surface area contributed by atoms with Crippen molar-refractivity contribution in [3.05, 3.63) is 53.0 Å². The molecule has 0 radical (unpaired) electrons. The van der Waals surface area contributed by atoms with Crippen LogP contribution in [0.25, 0.3) is 10.2 Å². The third-order valence-electron chi connectivity index (χ3n) is 4.20. The number of aromatic nitrogens is 1. The van der Waals surface area contributed by atoms with Crippen molar-refractivity contribution in [1.29, 1.82) is 0 Å². The van der Waals surface area contributed by atoms with E-state index in [0.29, 0.717) is 29.4 Å². The number of hydrogen-bond donors (Lipinski definition) is 2. The topological polar surface area (TPSA) is 102 Å². The molecular weight excluding hydrogens is 404 g/mol. The van der Waals surface area contributed by atoms with E-state index < -0.39 is 11.8 Å². The van der Waals surface area contributed by atoms with Gasteiger partial charge in [-0.3, -0.25) is 14.6 Å². The van der Waals surface area contributed by atoms with Crippen molar-refractivity contribution in [2.75, 3.05) is 20.3 Å². The van der Waals surface area contributed by atoms with Gasteiger partial charge in [0.2, 0.25) is 0 Å². The minimum Gasteiger partial charge on any atom is -0.493 e. The molecule has 0 spiro atoms. The van der Waals surface area contributed by atoms with Gasteiger partial charge in [0.05, 0.1) is 36.2 Å². The Bertz CT molecular complexity index is 1090. The first-order chi connectivity index (χ1) is 14.5. The first-order valence-electron chi connectivity index (χ1n) is 9.28. The van der Waals surface area contributed by atoms with Crippen LogP contribution in [0.4, 0.5) is 0 Å². The molecule has 0 saturated carbocycles. The van der Waals surface area contributed by atoms with Gasteiger partial charge in [-0.1, -0.05) is 0 Å². The zero-order valence-corrected chi connectivity index (χ0v) is 17.7. The molecule has 0 fully saturated rings. The number of amides is 2. The predicted molar refractivity (Wildman–Crippen MR) is 116 cm³/mol. The highest BCUT2D eigenvalue weighted by Gasteiger charge is 2.13. The van der Waals surface area contributed by atoms with Crippen LogP contribution in [0.1, 0.15) is 29.8 Å². The molecule has 0 bridgehead atoms. The molecule has 1 aromatic carbocycles. The molecule has 2 amide bonds. The number of fused-ring (bicyclic) bond motifs is 1. The number of thiophene rings is 1. The molecule has 0 unspecified atom stereocenters. The summed E-state index contributed by atoms with van der Waals surface area (Å²) in [7, 11) is 1.50. The summed E-state index contributed by atoms with van der Waals surface area (Å²) < 4.78 is 11.7. The van der Waals surface area contributed by atoms with Crippen LogP contribution in [0, 0.1) is 0 Å². The van der Waals surface area contributed by atoms with Crippen molar-refractivity contribution >= 4 is 39.1 Å². The summed E-state index contributed by atoms with van der Waals surface area (Å²) in [5, 5.41) is 8.63. The molecule has 0 atom stereocenters. The number of pyridine rings is 1. The Morgan fingerprint density at radius 2 is 2.07 bits per heavy atom. The first-order valence-corrected chi connectivity index (χ1v) is 10.2.